The standard InChI is InChI=1S/C49H70N2/c1-15-34(11)46-40(27-31-44(48(46)36(13)17-3)50-42(23-9)29-25-38(19-5)20-6)33-41-28-32-45(49(37(14)18-4)47(41)35(12)16-2)51-43(24-10)30-26-39(21-7)22-8/h19,21,27-32,34-37H,5,7,15-18,20,22-24,33H2,1-4,6,8-14H3. The van der Waals surface area contributed by atoms with E-state index in [1.165, 1.54) is 33.4 Å². The van der Waals surface area contributed by atoms with Crippen molar-refractivity contribution in [3.05, 3.63) is 118 Å². The minimum absolute atomic E-state index is 0.398. The van der Waals surface area contributed by atoms with Gasteiger partial charge in [-0.15, -0.1) is 11.5 Å². The van der Waals surface area contributed by atoms with Crippen molar-refractivity contribution in [2.75, 3.05) is 0 Å². The summed E-state index contributed by atoms with van der Waals surface area (Å²) >= 11 is 0. The number of nitrogens with zero attached hydrogens (tertiary/aromatic N) is 2. The Bertz CT molecular complexity index is 1540. The van der Waals surface area contributed by atoms with Crippen molar-refractivity contribution in [3.8, 4) is 0 Å². The molecule has 0 saturated carbocycles. The minimum Gasteiger partial charge on any atom is -0.253 e. The third-order valence-electron chi connectivity index (χ3n) is 10.9. The molecule has 4 unspecified atom stereocenters. The first-order chi connectivity index (χ1) is 24.5. The Morgan fingerprint density at radius 2 is 0.863 bits per heavy atom. The molecule has 0 aliphatic carbocycles. The molecule has 2 rings (SSSR count). The summed E-state index contributed by atoms with van der Waals surface area (Å²) in [4.78, 5) is 10.6. The van der Waals surface area contributed by atoms with E-state index < -0.39 is 0 Å². The van der Waals surface area contributed by atoms with Crippen LogP contribution >= 0.6 is 0 Å². The fraction of sp³-hybridized carbons (Fsp3) is 0.510. The van der Waals surface area contributed by atoms with Crippen LogP contribution in [0.3, 0.4) is 0 Å². The average molecular weight is 687 g/mol. The van der Waals surface area contributed by atoms with Crippen molar-refractivity contribution < 1.29 is 0 Å². The molecule has 2 heteroatoms. The fourth-order valence-electron chi connectivity index (χ4n) is 6.76. The van der Waals surface area contributed by atoms with Gasteiger partial charge >= 0.3 is 0 Å². The van der Waals surface area contributed by atoms with Crippen LogP contribution in [0, 0.1) is 0 Å². The van der Waals surface area contributed by atoms with Crippen LogP contribution in [0.4, 0.5) is 11.4 Å². The van der Waals surface area contributed by atoms with Crippen LogP contribution < -0.4 is 0 Å². The zero-order valence-electron chi connectivity index (χ0n) is 34.6. The maximum absolute atomic E-state index is 5.32. The van der Waals surface area contributed by atoms with Gasteiger partial charge in [0.2, 0.25) is 0 Å². The summed E-state index contributed by atoms with van der Waals surface area (Å²) in [5.41, 5.74) is 22.1. The maximum atomic E-state index is 5.32. The number of aliphatic imine (C=N–C) groups is 2. The van der Waals surface area contributed by atoms with Gasteiger partial charge < -0.3 is 0 Å². The Balaban J connectivity index is 3.00. The van der Waals surface area contributed by atoms with Crippen LogP contribution in [-0.4, -0.2) is 11.4 Å². The van der Waals surface area contributed by atoms with Gasteiger partial charge in [0.05, 0.1) is 11.4 Å². The van der Waals surface area contributed by atoms with Crippen molar-refractivity contribution in [3.63, 3.8) is 0 Å². The van der Waals surface area contributed by atoms with E-state index in [1.807, 2.05) is 12.2 Å². The van der Waals surface area contributed by atoms with Gasteiger partial charge in [-0.05, 0) is 138 Å². The van der Waals surface area contributed by atoms with Gasteiger partial charge in [0.15, 0.2) is 0 Å². The third kappa shape index (κ3) is 11.7. The summed E-state index contributed by atoms with van der Waals surface area (Å²) in [6.45, 7) is 35.4. The highest BCUT2D eigenvalue weighted by molar-refractivity contribution is 5.97. The number of hydrogen-bond acceptors (Lipinski definition) is 2. The first-order valence-corrected chi connectivity index (χ1v) is 20.1. The molecule has 51 heavy (non-hydrogen) atoms. The van der Waals surface area contributed by atoms with E-state index in [2.05, 4.69) is 144 Å². The van der Waals surface area contributed by atoms with Crippen molar-refractivity contribution in [2.24, 2.45) is 9.98 Å². The summed E-state index contributed by atoms with van der Waals surface area (Å²) in [5, 5.41) is 0. The van der Waals surface area contributed by atoms with Crippen LogP contribution in [0.5, 0.6) is 0 Å². The number of rotatable bonds is 20. The number of benzene rings is 2. The van der Waals surface area contributed by atoms with E-state index in [9.17, 15) is 0 Å². The lowest BCUT2D eigenvalue weighted by Crippen LogP contribution is -2.11. The predicted molar refractivity (Wildman–Crippen MR) is 229 cm³/mol. The Morgan fingerprint density at radius 1 is 0.529 bits per heavy atom. The average Bonchev–Trinajstić information content (AvgIpc) is 3.16. The first kappa shape index (κ1) is 43.5. The van der Waals surface area contributed by atoms with Crippen molar-refractivity contribution >= 4 is 22.8 Å². The van der Waals surface area contributed by atoms with Crippen LogP contribution in [0.1, 0.15) is 192 Å². The smallest absolute Gasteiger partial charge is 0.0670 e. The van der Waals surface area contributed by atoms with Gasteiger partial charge in [0, 0.05) is 23.6 Å². The molecule has 0 aliphatic heterocycles. The molecule has 0 N–H and O–H groups in total. The van der Waals surface area contributed by atoms with Crippen LogP contribution in [-0.2, 0) is 6.42 Å². The lowest BCUT2D eigenvalue weighted by molar-refractivity contribution is 0.663. The highest BCUT2D eigenvalue weighted by atomic mass is 14.8. The van der Waals surface area contributed by atoms with E-state index in [1.54, 1.807) is 0 Å². The maximum Gasteiger partial charge on any atom is 0.0670 e. The van der Waals surface area contributed by atoms with Crippen molar-refractivity contribution in [1.29, 1.82) is 0 Å². The van der Waals surface area contributed by atoms with E-state index in [-0.39, 0.29) is 0 Å². The number of allylic oxidation sites excluding steroid dienone is 4. The summed E-state index contributed by atoms with van der Waals surface area (Å²) in [7, 11) is 0. The minimum atomic E-state index is 0.398. The molecule has 0 amide bonds. The highest BCUT2D eigenvalue weighted by Gasteiger charge is 2.25. The molecule has 2 aromatic rings. The van der Waals surface area contributed by atoms with Crippen LogP contribution in [0.15, 0.2) is 94.3 Å². The van der Waals surface area contributed by atoms with Gasteiger partial charge in [-0.1, -0.05) is 121 Å². The van der Waals surface area contributed by atoms with E-state index >= 15 is 0 Å². The molecule has 0 saturated heterocycles. The van der Waals surface area contributed by atoms with E-state index in [4.69, 9.17) is 9.98 Å². The third-order valence-corrected chi connectivity index (χ3v) is 10.9. The molecule has 0 radical (unpaired) electrons. The molecule has 4 atom stereocenters. The largest absolute Gasteiger partial charge is 0.253 e. The molecule has 0 aliphatic rings. The summed E-state index contributed by atoms with van der Waals surface area (Å²) in [5.74, 6) is 1.64. The molecule has 0 spiro atoms. The highest BCUT2D eigenvalue weighted by Crippen LogP contribution is 2.43. The molecular formula is C49H70N2. The summed E-state index contributed by atoms with van der Waals surface area (Å²) in [6.07, 6.45) is 16.7. The van der Waals surface area contributed by atoms with Gasteiger partial charge in [0.25, 0.3) is 0 Å². The SMILES string of the molecule is C=CC(=C=CC(CC)=Nc1ccc(Cc2ccc(N=C(C=C=C(C=C)CC)CC)c(C(C)CC)c2C(C)CC)c(C(C)CC)c1C(C)CC)CC. The Labute approximate surface area is 314 Å². The second kappa shape index (κ2) is 22.3. The lowest BCUT2D eigenvalue weighted by atomic mass is 9.78. The molecular weight excluding hydrogens is 617 g/mol. The van der Waals surface area contributed by atoms with Gasteiger partial charge in [-0.3, -0.25) is 9.98 Å². The normalized spacial score (nSPS) is 14.1. The van der Waals surface area contributed by atoms with Crippen LogP contribution in [0.2, 0.25) is 0 Å². The second-order valence-corrected chi connectivity index (χ2v) is 14.2. The molecule has 0 heterocycles. The zero-order valence-corrected chi connectivity index (χ0v) is 34.6. The van der Waals surface area contributed by atoms with E-state index in [0.29, 0.717) is 23.7 Å². The van der Waals surface area contributed by atoms with Crippen molar-refractivity contribution in [1.82, 2.24) is 0 Å². The zero-order chi connectivity index (χ0) is 38.1. The molecule has 2 nitrogen and oxygen atoms in total. The molecule has 276 valence electrons. The first-order valence-electron chi connectivity index (χ1n) is 20.1. The van der Waals surface area contributed by atoms with Crippen molar-refractivity contribution in [2.45, 2.75) is 165 Å². The van der Waals surface area contributed by atoms with Gasteiger partial charge in [-0.25, -0.2) is 0 Å². The van der Waals surface area contributed by atoms with Gasteiger partial charge in [0.1, 0.15) is 0 Å². The number of hydrogen-bond donors (Lipinski definition) is 0. The second-order valence-electron chi connectivity index (χ2n) is 14.2. The fourth-order valence-corrected chi connectivity index (χ4v) is 6.76. The monoisotopic (exact) mass is 687 g/mol. The Hall–Kier alpha value is -3.70. The van der Waals surface area contributed by atoms with E-state index in [0.717, 1.165) is 91.7 Å². The molecule has 0 aromatic heterocycles. The lowest BCUT2D eigenvalue weighted by Gasteiger charge is -2.28. The molecule has 0 bridgehead atoms. The summed E-state index contributed by atoms with van der Waals surface area (Å²) in [6, 6.07) is 9.35. The molecule has 0 fully saturated rings. The Morgan fingerprint density at radius 3 is 1.14 bits per heavy atom. The summed E-state index contributed by atoms with van der Waals surface area (Å²) < 4.78 is 0. The van der Waals surface area contributed by atoms with Gasteiger partial charge in [-0.2, -0.15) is 0 Å². The topological polar surface area (TPSA) is 24.7 Å². The Kier molecular flexibility index (Phi) is 19.0. The molecule has 2 aromatic carbocycles. The predicted octanol–water partition coefficient (Wildman–Crippen LogP) is 15.7. The van der Waals surface area contributed by atoms with Crippen LogP contribution in [0.25, 0.3) is 0 Å². The quantitative estimate of drug-likeness (QED) is 0.0752.